The van der Waals surface area contributed by atoms with E-state index in [0.29, 0.717) is 17.0 Å². The first-order valence-electron chi connectivity index (χ1n) is 6.04. The summed E-state index contributed by atoms with van der Waals surface area (Å²) >= 11 is 0. The van der Waals surface area contributed by atoms with Crippen molar-refractivity contribution < 1.29 is 9.90 Å². The minimum atomic E-state index is -0.227. The van der Waals surface area contributed by atoms with Crippen LogP contribution in [-0.4, -0.2) is 29.1 Å². The molecule has 1 amide bonds. The Balaban J connectivity index is 2.04. The minimum absolute atomic E-state index is 0.126. The van der Waals surface area contributed by atoms with Crippen LogP contribution in [-0.2, 0) is 0 Å². The molecule has 1 fully saturated rings. The number of hydrogen-bond acceptors (Lipinski definition) is 3. The molecule has 1 saturated carbocycles. The third-order valence-corrected chi connectivity index (χ3v) is 3.17. The molecule has 18 heavy (non-hydrogen) atoms. The third kappa shape index (κ3) is 3.08. The molecule has 2 unspecified atom stereocenters. The van der Waals surface area contributed by atoms with Crippen molar-refractivity contribution in [2.45, 2.75) is 13.3 Å². The van der Waals surface area contributed by atoms with Gasteiger partial charge in [-0.1, -0.05) is 18.8 Å². The lowest BCUT2D eigenvalue weighted by Gasteiger charge is -2.05. The molecule has 4 nitrogen and oxygen atoms in total. The Bertz CT molecular complexity index is 502. The number of carbonyl (C=O) groups excluding carboxylic acids is 1. The SMILES string of the molecule is CC1CC1CNC(=O)c1ccncc1C#CCO. The molecule has 1 aromatic heterocycles. The highest BCUT2D eigenvalue weighted by atomic mass is 16.2. The predicted octanol–water partition coefficient (Wildman–Crippen LogP) is 0.811. The fourth-order valence-corrected chi connectivity index (χ4v) is 1.83. The zero-order valence-electron chi connectivity index (χ0n) is 10.3. The number of rotatable bonds is 3. The molecule has 0 saturated heterocycles. The van der Waals surface area contributed by atoms with Crippen molar-refractivity contribution in [3.63, 3.8) is 0 Å². The highest BCUT2D eigenvalue weighted by molar-refractivity contribution is 5.96. The highest BCUT2D eigenvalue weighted by Gasteiger charge is 2.32. The Labute approximate surface area is 106 Å². The number of pyridine rings is 1. The monoisotopic (exact) mass is 244 g/mol. The Morgan fingerprint density at radius 1 is 1.67 bits per heavy atom. The van der Waals surface area contributed by atoms with Gasteiger partial charge in [0.1, 0.15) is 6.61 Å². The Hall–Kier alpha value is -1.86. The van der Waals surface area contributed by atoms with Crippen LogP contribution in [0.1, 0.15) is 29.3 Å². The summed E-state index contributed by atoms with van der Waals surface area (Å²) in [5.74, 6) is 6.47. The maximum Gasteiger partial charge on any atom is 0.252 e. The summed E-state index contributed by atoms with van der Waals surface area (Å²) in [7, 11) is 0. The van der Waals surface area contributed by atoms with E-state index in [0.717, 1.165) is 12.5 Å². The van der Waals surface area contributed by atoms with Gasteiger partial charge in [-0.25, -0.2) is 0 Å². The highest BCUT2D eigenvalue weighted by Crippen LogP contribution is 2.36. The number of aliphatic hydroxyl groups excluding tert-OH is 1. The van der Waals surface area contributed by atoms with Crippen molar-refractivity contribution in [2.24, 2.45) is 11.8 Å². The van der Waals surface area contributed by atoms with E-state index < -0.39 is 0 Å². The average Bonchev–Trinajstić information content (AvgIpc) is 3.10. The van der Waals surface area contributed by atoms with E-state index in [2.05, 4.69) is 29.1 Å². The lowest BCUT2D eigenvalue weighted by molar-refractivity contribution is 0.0951. The number of nitrogens with one attached hydrogen (secondary N) is 1. The van der Waals surface area contributed by atoms with Gasteiger partial charge in [0.05, 0.1) is 11.1 Å². The summed E-state index contributed by atoms with van der Waals surface area (Å²) in [5.41, 5.74) is 1.06. The van der Waals surface area contributed by atoms with Gasteiger partial charge >= 0.3 is 0 Å². The normalized spacial score (nSPS) is 20.8. The van der Waals surface area contributed by atoms with Crippen molar-refractivity contribution in [3.8, 4) is 11.8 Å². The molecule has 0 aromatic carbocycles. The summed E-state index contributed by atoms with van der Waals surface area (Å²) in [6.45, 7) is 2.67. The summed E-state index contributed by atoms with van der Waals surface area (Å²) in [4.78, 5) is 15.9. The number of aromatic nitrogens is 1. The van der Waals surface area contributed by atoms with Crippen LogP contribution in [0, 0.1) is 23.7 Å². The predicted molar refractivity (Wildman–Crippen MR) is 67.8 cm³/mol. The Kier molecular flexibility index (Phi) is 3.96. The van der Waals surface area contributed by atoms with Gasteiger partial charge in [0.25, 0.3) is 5.91 Å². The third-order valence-electron chi connectivity index (χ3n) is 3.17. The molecule has 0 radical (unpaired) electrons. The quantitative estimate of drug-likeness (QED) is 0.773. The maximum atomic E-state index is 12.0. The first-order valence-corrected chi connectivity index (χ1v) is 6.04. The molecular weight excluding hydrogens is 228 g/mol. The summed E-state index contributed by atoms with van der Waals surface area (Å²) < 4.78 is 0. The Morgan fingerprint density at radius 2 is 2.44 bits per heavy atom. The topological polar surface area (TPSA) is 62.2 Å². The fraction of sp³-hybridized carbons (Fsp3) is 0.429. The molecule has 2 rings (SSSR count). The van der Waals surface area contributed by atoms with Gasteiger partial charge in [-0.3, -0.25) is 9.78 Å². The molecule has 0 bridgehead atoms. The van der Waals surface area contributed by atoms with Crippen molar-refractivity contribution >= 4 is 5.91 Å². The molecule has 4 heteroatoms. The largest absolute Gasteiger partial charge is 0.384 e. The summed E-state index contributed by atoms with van der Waals surface area (Å²) in [6, 6.07) is 1.65. The van der Waals surface area contributed by atoms with Gasteiger partial charge in [0.2, 0.25) is 0 Å². The van der Waals surface area contributed by atoms with Gasteiger partial charge in [0.15, 0.2) is 0 Å². The van der Waals surface area contributed by atoms with Gasteiger partial charge in [-0.2, -0.15) is 0 Å². The molecule has 94 valence electrons. The van der Waals surface area contributed by atoms with Crippen molar-refractivity contribution in [3.05, 3.63) is 29.6 Å². The summed E-state index contributed by atoms with van der Waals surface area (Å²) in [5, 5.41) is 11.6. The van der Waals surface area contributed by atoms with Crippen LogP contribution in [0.25, 0.3) is 0 Å². The lowest BCUT2D eigenvalue weighted by Crippen LogP contribution is -2.26. The molecule has 0 aliphatic heterocycles. The van der Waals surface area contributed by atoms with Crippen LogP contribution in [0.5, 0.6) is 0 Å². The maximum absolute atomic E-state index is 12.0. The first-order chi connectivity index (χ1) is 8.72. The standard InChI is InChI=1S/C14H16N2O2/c1-10-7-12(10)9-16-14(18)13-4-5-15-8-11(13)3-2-6-17/h4-5,8,10,12,17H,6-7,9H2,1H3,(H,16,18). The van der Waals surface area contributed by atoms with E-state index >= 15 is 0 Å². The zero-order valence-corrected chi connectivity index (χ0v) is 10.3. The van der Waals surface area contributed by atoms with Crippen molar-refractivity contribution in [2.75, 3.05) is 13.2 Å². The number of amides is 1. The van der Waals surface area contributed by atoms with E-state index in [1.54, 1.807) is 12.3 Å². The second-order valence-corrected chi connectivity index (χ2v) is 4.56. The van der Waals surface area contributed by atoms with Gasteiger partial charge in [-0.15, -0.1) is 0 Å². The van der Waals surface area contributed by atoms with Crippen LogP contribution in [0.15, 0.2) is 18.5 Å². The molecule has 1 aliphatic rings. The number of hydrogen-bond donors (Lipinski definition) is 2. The van der Waals surface area contributed by atoms with Gasteiger partial charge in [-0.05, 0) is 24.3 Å². The van der Waals surface area contributed by atoms with Crippen molar-refractivity contribution in [1.82, 2.24) is 10.3 Å². The second kappa shape index (κ2) is 5.65. The average molecular weight is 244 g/mol. The van der Waals surface area contributed by atoms with Gasteiger partial charge < -0.3 is 10.4 Å². The number of nitrogens with zero attached hydrogens (tertiary/aromatic N) is 1. The van der Waals surface area contributed by atoms with E-state index in [1.807, 2.05) is 0 Å². The van der Waals surface area contributed by atoms with Gasteiger partial charge in [0, 0.05) is 18.9 Å². The number of aliphatic hydroxyl groups is 1. The van der Waals surface area contributed by atoms with Crippen LogP contribution < -0.4 is 5.32 Å². The molecule has 1 aliphatic carbocycles. The molecular formula is C14H16N2O2. The van der Waals surface area contributed by atoms with Crippen LogP contribution in [0.4, 0.5) is 0 Å². The van der Waals surface area contributed by atoms with Crippen LogP contribution >= 0.6 is 0 Å². The molecule has 0 spiro atoms. The smallest absolute Gasteiger partial charge is 0.252 e. The molecule has 1 heterocycles. The van der Waals surface area contributed by atoms with E-state index in [4.69, 9.17) is 5.11 Å². The lowest BCUT2D eigenvalue weighted by atomic mass is 10.1. The van der Waals surface area contributed by atoms with E-state index in [9.17, 15) is 4.79 Å². The van der Waals surface area contributed by atoms with E-state index in [1.165, 1.54) is 12.6 Å². The van der Waals surface area contributed by atoms with Crippen LogP contribution in [0.3, 0.4) is 0 Å². The minimum Gasteiger partial charge on any atom is -0.384 e. The van der Waals surface area contributed by atoms with E-state index in [-0.39, 0.29) is 12.5 Å². The van der Waals surface area contributed by atoms with Crippen LogP contribution in [0.2, 0.25) is 0 Å². The molecule has 1 aromatic rings. The second-order valence-electron chi connectivity index (χ2n) is 4.56. The Morgan fingerprint density at radius 3 is 3.11 bits per heavy atom. The number of carbonyl (C=O) groups is 1. The molecule has 2 atom stereocenters. The summed E-state index contributed by atoms with van der Waals surface area (Å²) in [6.07, 6.45) is 4.30. The fourth-order valence-electron chi connectivity index (χ4n) is 1.83. The first kappa shape index (κ1) is 12.6. The molecule has 2 N–H and O–H groups in total. The van der Waals surface area contributed by atoms with Crippen molar-refractivity contribution in [1.29, 1.82) is 0 Å². The zero-order chi connectivity index (χ0) is 13.0.